The minimum Gasteiger partial charge on any atom is -0.454 e. The molecule has 0 aliphatic carbocycles. The lowest BCUT2D eigenvalue weighted by molar-refractivity contribution is 0.0475. The molecule has 1 aromatic heterocycles. The maximum atomic E-state index is 10.7. The molecule has 7 nitrogen and oxygen atoms in total. The molecule has 4 rings (SSSR count). The van der Waals surface area contributed by atoms with Gasteiger partial charge in [-0.15, -0.1) is 0 Å². The smallest absolute Gasteiger partial charge is 0.231 e. The summed E-state index contributed by atoms with van der Waals surface area (Å²) >= 11 is 0. The van der Waals surface area contributed by atoms with Gasteiger partial charge in [0.2, 0.25) is 12.7 Å². The molecule has 0 amide bonds. The van der Waals surface area contributed by atoms with Gasteiger partial charge in [-0.25, -0.2) is 9.97 Å². The van der Waals surface area contributed by atoms with Crippen LogP contribution in [0.3, 0.4) is 0 Å². The van der Waals surface area contributed by atoms with Gasteiger partial charge in [0.05, 0.1) is 6.10 Å². The Hall–Kier alpha value is -2.38. The number of rotatable bonds is 5. The van der Waals surface area contributed by atoms with Crippen LogP contribution in [0.1, 0.15) is 30.4 Å². The number of benzene rings is 1. The van der Waals surface area contributed by atoms with Crippen molar-refractivity contribution in [1.82, 2.24) is 14.9 Å². The van der Waals surface area contributed by atoms with Crippen LogP contribution in [0.15, 0.2) is 30.6 Å². The SMILES string of the molecule is CCNc1ncc(CN2CC[C@@H](c3ccc4c(c3)OCO4)[C@H](O)C2)cn1. The minimum absolute atomic E-state index is 0.119. The summed E-state index contributed by atoms with van der Waals surface area (Å²) in [5, 5.41) is 13.8. The fourth-order valence-electron chi connectivity index (χ4n) is 3.62. The first-order valence-corrected chi connectivity index (χ1v) is 9.07. The van der Waals surface area contributed by atoms with Gasteiger partial charge in [-0.05, 0) is 37.6 Å². The molecule has 7 heteroatoms. The van der Waals surface area contributed by atoms with Crippen molar-refractivity contribution < 1.29 is 14.6 Å². The fraction of sp³-hybridized carbons (Fsp3) is 0.474. The summed E-state index contributed by atoms with van der Waals surface area (Å²) < 4.78 is 10.8. The molecule has 26 heavy (non-hydrogen) atoms. The molecule has 0 spiro atoms. The first-order chi connectivity index (χ1) is 12.7. The molecular formula is C19H24N4O3. The number of nitrogens with one attached hydrogen (secondary N) is 1. The molecule has 3 heterocycles. The van der Waals surface area contributed by atoms with Gasteiger partial charge in [-0.3, -0.25) is 4.90 Å². The van der Waals surface area contributed by atoms with Crippen LogP contribution in [0.5, 0.6) is 11.5 Å². The number of fused-ring (bicyclic) bond motifs is 1. The minimum atomic E-state index is -0.411. The summed E-state index contributed by atoms with van der Waals surface area (Å²) in [4.78, 5) is 10.9. The van der Waals surface area contributed by atoms with Crippen LogP contribution in [-0.2, 0) is 6.54 Å². The first kappa shape index (κ1) is 17.1. The summed E-state index contributed by atoms with van der Waals surface area (Å²) in [7, 11) is 0. The summed E-state index contributed by atoms with van der Waals surface area (Å²) in [6.07, 6.45) is 4.19. The number of piperidine rings is 1. The number of aliphatic hydroxyl groups excluding tert-OH is 1. The molecule has 2 aromatic rings. The number of hydrogen-bond donors (Lipinski definition) is 2. The van der Waals surface area contributed by atoms with Crippen LogP contribution < -0.4 is 14.8 Å². The molecule has 2 aliphatic heterocycles. The van der Waals surface area contributed by atoms with E-state index in [0.717, 1.165) is 48.7 Å². The van der Waals surface area contributed by atoms with Crippen LogP contribution in [0.2, 0.25) is 0 Å². The quantitative estimate of drug-likeness (QED) is 0.848. The largest absolute Gasteiger partial charge is 0.454 e. The van der Waals surface area contributed by atoms with Gasteiger partial charge in [0.25, 0.3) is 0 Å². The molecule has 1 fully saturated rings. The number of hydrogen-bond acceptors (Lipinski definition) is 7. The fourth-order valence-corrected chi connectivity index (χ4v) is 3.62. The van der Waals surface area contributed by atoms with Crippen molar-refractivity contribution in [2.45, 2.75) is 31.9 Å². The monoisotopic (exact) mass is 356 g/mol. The Kier molecular flexibility index (Phi) is 4.90. The van der Waals surface area contributed by atoms with Crippen molar-refractivity contribution in [1.29, 1.82) is 0 Å². The highest BCUT2D eigenvalue weighted by atomic mass is 16.7. The number of nitrogens with zero attached hydrogens (tertiary/aromatic N) is 3. The lowest BCUT2D eigenvalue weighted by Gasteiger charge is -2.36. The van der Waals surface area contributed by atoms with E-state index in [1.165, 1.54) is 0 Å². The molecule has 0 saturated carbocycles. The highest BCUT2D eigenvalue weighted by molar-refractivity contribution is 5.45. The normalized spacial score (nSPS) is 22.4. The van der Waals surface area contributed by atoms with E-state index in [2.05, 4.69) is 20.2 Å². The molecule has 2 aliphatic rings. The Balaban J connectivity index is 1.37. The van der Waals surface area contributed by atoms with E-state index in [-0.39, 0.29) is 12.7 Å². The number of aromatic nitrogens is 2. The number of aliphatic hydroxyl groups is 1. The van der Waals surface area contributed by atoms with Crippen LogP contribution in [0, 0.1) is 0 Å². The van der Waals surface area contributed by atoms with E-state index < -0.39 is 6.10 Å². The zero-order chi connectivity index (χ0) is 17.9. The Morgan fingerprint density at radius 2 is 2.04 bits per heavy atom. The van der Waals surface area contributed by atoms with Crippen LogP contribution in [0.4, 0.5) is 5.95 Å². The molecule has 1 saturated heterocycles. The Morgan fingerprint density at radius 1 is 1.23 bits per heavy atom. The van der Waals surface area contributed by atoms with Gasteiger partial charge in [0, 0.05) is 43.5 Å². The summed E-state index contributed by atoms with van der Waals surface area (Å²) in [6, 6.07) is 5.96. The van der Waals surface area contributed by atoms with Crippen molar-refractivity contribution in [3.8, 4) is 11.5 Å². The van der Waals surface area contributed by atoms with Crippen LogP contribution >= 0.6 is 0 Å². The second-order valence-corrected chi connectivity index (χ2v) is 6.76. The molecule has 138 valence electrons. The number of anilines is 1. The topological polar surface area (TPSA) is 79.7 Å². The van der Waals surface area contributed by atoms with Crippen LogP contribution in [-0.4, -0.2) is 52.5 Å². The van der Waals surface area contributed by atoms with Gasteiger partial charge in [-0.1, -0.05) is 6.07 Å². The zero-order valence-corrected chi connectivity index (χ0v) is 14.9. The summed E-state index contributed by atoms with van der Waals surface area (Å²) in [6.45, 7) is 5.40. The second-order valence-electron chi connectivity index (χ2n) is 6.76. The molecule has 2 atom stereocenters. The number of likely N-dealkylation sites (tertiary alicyclic amines) is 1. The van der Waals surface area contributed by atoms with Crippen molar-refractivity contribution in [3.05, 3.63) is 41.7 Å². The Labute approximate surface area is 153 Å². The zero-order valence-electron chi connectivity index (χ0n) is 14.9. The lowest BCUT2D eigenvalue weighted by atomic mass is 9.87. The third kappa shape index (κ3) is 3.59. The van der Waals surface area contributed by atoms with E-state index in [9.17, 15) is 5.11 Å². The predicted molar refractivity (Wildman–Crippen MR) is 97.4 cm³/mol. The van der Waals surface area contributed by atoms with Gasteiger partial charge in [0.1, 0.15) is 0 Å². The van der Waals surface area contributed by atoms with Crippen molar-refractivity contribution >= 4 is 5.95 Å². The van der Waals surface area contributed by atoms with Gasteiger partial charge in [0.15, 0.2) is 11.5 Å². The van der Waals surface area contributed by atoms with Crippen molar-refractivity contribution in [2.24, 2.45) is 0 Å². The standard InChI is InChI=1S/C19H24N4O3/c1-2-20-19-21-8-13(9-22-19)10-23-6-5-15(16(24)11-23)14-3-4-17-18(7-14)26-12-25-17/h3-4,7-9,15-16,24H,2,5-6,10-12H2,1H3,(H,20,21,22)/t15-,16+/m0/s1. The maximum Gasteiger partial charge on any atom is 0.231 e. The van der Waals surface area contributed by atoms with Gasteiger partial charge >= 0.3 is 0 Å². The summed E-state index contributed by atoms with van der Waals surface area (Å²) in [5.41, 5.74) is 2.17. The Morgan fingerprint density at radius 3 is 2.81 bits per heavy atom. The summed E-state index contributed by atoms with van der Waals surface area (Å²) in [5.74, 6) is 2.32. The van der Waals surface area contributed by atoms with Crippen molar-refractivity contribution in [2.75, 3.05) is 31.7 Å². The van der Waals surface area contributed by atoms with E-state index in [0.29, 0.717) is 12.5 Å². The third-order valence-electron chi connectivity index (χ3n) is 4.94. The molecule has 0 radical (unpaired) electrons. The first-order valence-electron chi connectivity index (χ1n) is 9.07. The van der Waals surface area contributed by atoms with Gasteiger partial charge in [-0.2, -0.15) is 0 Å². The molecule has 0 bridgehead atoms. The molecule has 0 unspecified atom stereocenters. The highest BCUT2D eigenvalue weighted by Crippen LogP contribution is 2.37. The second kappa shape index (κ2) is 7.47. The maximum absolute atomic E-state index is 10.7. The Bertz CT molecular complexity index is 753. The predicted octanol–water partition coefficient (Wildman–Crippen LogP) is 1.99. The highest BCUT2D eigenvalue weighted by Gasteiger charge is 2.30. The van der Waals surface area contributed by atoms with E-state index in [1.807, 2.05) is 37.5 Å². The number of ether oxygens (including phenoxy) is 2. The number of β-amino-alcohol motifs (C(OH)–C–C–N with tert-alkyl or cyclic N) is 1. The van der Waals surface area contributed by atoms with E-state index in [4.69, 9.17) is 9.47 Å². The average molecular weight is 356 g/mol. The molecular weight excluding hydrogens is 332 g/mol. The van der Waals surface area contributed by atoms with E-state index in [1.54, 1.807) is 0 Å². The van der Waals surface area contributed by atoms with Crippen LogP contribution in [0.25, 0.3) is 0 Å². The van der Waals surface area contributed by atoms with Gasteiger partial charge < -0.3 is 19.9 Å². The lowest BCUT2D eigenvalue weighted by Crippen LogP contribution is -2.42. The molecule has 2 N–H and O–H groups in total. The van der Waals surface area contributed by atoms with Crippen molar-refractivity contribution in [3.63, 3.8) is 0 Å². The molecule has 1 aromatic carbocycles. The third-order valence-corrected chi connectivity index (χ3v) is 4.94. The van der Waals surface area contributed by atoms with E-state index >= 15 is 0 Å². The average Bonchev–Trinajstić information content (AvgIpc) is 3.11.